The molecule has 1 saturated heterocycles. The summed E-state index contributed by atoms with van der Waals surface area (Å²) in [6.07, 6.45) is -3.91. The smallest absolute Gasteiger partial charge is 0.431 e. The topological polar surface area (TPSA) is 143 Å². The van der Waals surface area contributed by atoms with Crippen LogP contribution >= 0.6 is 0 Å². The zero-order chi connectivity index (χ0) is 36.9. The van der Waals surface area contributed by atoms with Crippen molar-refractivity contribution in [2.75, 3.05) is 34.1 Å². The third kappa shape index (κ3) is 7.49. The van der Waals surface area contributed by atoms with Gasteiger partial charge in [-0.3, -0.25) is 19.7 Å². The lowest BCUT2D eigenvalue weighted by Gasteiger charge is -2.40. The number of hydrogen-bond acceptors (Lipinski definition) is 8. The first-order chi connectivity index (χ1) is 24.3. The van der Waals surface area contributed by atoms with E-state index in [9.17, 15) is 24.8 Å². The second-order valence-electron chi connectivity index (χ2n) is 12.2. The summed E-state index contributed by atoms with van der Waals surface area (Å²) in [7, 11) is 2.56. The van der Waals surface area contributed by atoms with Crippen LogP contribution in [0.3, 0.4) is 0 Å². The van der Waals surface area contributed by atoms with Gasteiger partial charge >= 0.3 is 12.1 Å². The number of methoxy groups -OCH3 is 2. The molecule has 0 radical (unpaired) electrons. The zero-order valence-electron chi connectivity index (χ0n) is 28.2. The number of alkyl halides is 3. The van der Waals surface area contributed by atoms with Crippen molar-refractivity contribution in [3.63, 3.8) is 0 Å². The van der Waals surface area contributed by atoms with Crippen LogP contribution in [0, 0.1) is 10.1 Å². The third-order valence-corrected chi connectivity index (χ3v) is 9.06. The molecule has 51 heavy (non-hydrogen) atoms. The largest absolute Gasteiger partial charge is 0.493 e. The monoisotopic (exact) mass is 713 g/mol. The minimum atomic E-state index is -5.29. The number of amides is 1. The van der Waals surface area contributed by atoms with E-state index < -0.39 is 53.0 Å². The predicted molar refractivity (Wildman–Crippen MR) is 179 cm³/mol. The van der Waals surface area contributed by atoms with E-state index in [0.29, 0.717) is 23.5 Å². The standard InChI is InChI=1S/C36H38F3N3O9/c1-4-27(33(43)44)24-10-13-31(32(18-24)49-3)51-26-14-16-40(17-15-26)34(45)35(36(37,38)39,50-22-48-2)29-21-41(20-23-8-6-5-7-9-23)30-19-25(42(46)47)11-12-28(29)30/h5-13,18-19,21,26-27H,4,14-17,20,22H2,1-3H3,(H,43,44). The maximum Gasteiger partial charge on any atom is 0.431 e. The van der Waals surface area contributed by atoms with Crippen molar-refractivity contribution in [3.8, 4) is 11.5 Å². The van der Waals surface area contributed by atoms with Gasteiger partial charge in [0.2, 0.25) is 0 Å². The molecule has 0 spiro atoms. The zero-order valence-corrected chi connectivity index (χ0v) is 28.2. The number of carbonyl (C=O) groups excluding carboxylic acids is 1. The van der Waals surface area contributed by atoms with Gasteiger partial charge in [0.1, 0.15) is 12.9 Å². The Morgan fingerprint density at radius 2 is 1.73 bits per heavy atom. The molecular formula is C36H38F3N3O9. The fourth-order valence-corrected chi connectivity index (χ4v) is 6.47. The molecule has 0 bridgehead atoms. The van der Waals surface area contributed by atoms with Crippen LogP contribution in [0.5, 0.6) is 11.5 Å². The Morgan fingerprint density at radius 1 is 1.02 bits per heavy atom. The number of aromatic nitrogens is 1. The SMILES string of the molecule is CCC(C(=O)O)c1ccc(OC2CCN(C(=O)C(OCOC)(c3cn(Cc4ccccc4)c4cc([N+](=O)[O-])ccc34)C(F)(F)F)CC2)c(OC)c1. The summed E-state index contributed by atoms with van der Waals surface area (Å²) in [5.41, 5.74) is -3.00. The fourth-order valence-electron chi connectivity index (χ4n) is 6.47. The third-order valence-electron chi connectivity index (χ3n) is 9.06. The number of aliphatic carboxylic acids is 1. The molecular weight excluding hydrogens is 675 g/mol. The number of carbonyl (C=O) groups is 2. The Balaban J connectivity index is 1.48. The van der Waals surface area contributed by atoms with Crippen molar-refractivity contribution in [3.05, 3.63) is 99.7 Å². The highest BCUT2D eigenvalue weighted by Gasteiger charge is 2.65. The molecule has 3 aromatic carbocycles. The number of non-ortho nitro benzene ring substituents is 1. The molecule has 1 aromatic heterocycles. The van der Waals surface area contributed by atoms with E-state index in [1.807, 2.05) is 0 Å². The number of halogens is 3. The molecule has 5 rings (SSSR count). The number of likely N-dealkylation sites (tertiary alicyclic amines) is 1. The van der Waals surface area contributed by atoms with Crippen LogP contribution in [0.25, 0.3) is 10.9 Å². The van der Waals surface area contributed by atoms with Crippen molar-refractivity contribution in [2.24, 2.45) is 0 Å². The highest BCUT2D eigenvalue weighted by molar-refractivity contribution is 5.96. The molecule has 12 nitrogen and oxygen atoms in total. The first-order valence-electron chi connectivity index (χ1n) is 16.2. The lowest BCUT2D eigenvalue weighted by atomic mass is 9.89. The number of fused-ring (bicyclic) bond motifs is 1. The minimum absolute atomic E-state index is 0.0414. The number of piperidine rings is 1. The molecule has 0 aliphatic carbocycles. The Kier molecular flexibility index (Phi) is 11.2. The van der Waals surface area contributed by atoms with Gasteiger partial charge in [0.05, 0.1) is 23.5 Å². The van der Waals surface area contributed by atoms with E-state index in [-0.39, 0.29) is 49.1 Å². The van der Waals surface area contributed by atoms with Crippen molar-refractivity contribution >= 4 is 28.5 Å². The van der Waals surface area contributed by atoms with E-state index in [2.05, 4.69) is 0 Å². The quantitative estimate of drug-likeness (QED) is 0.0865. The van der Waals surface area contributed by atoms with Gasteiger partial charge in [-0.2, -0.15) is 13.2 Å². The van der Waals surface area contributed by atoms with Crippen LogP contribution in [0.2, 0.25) is 0 Å². The van der Waals surface area contributed by atoms with Crippen LogP contribution in [-0.4, -0.2) is 77.8 Å². The lowest BCUT2D eigenvalue weighted by molar-refractivity contribution is -0.384. The second kappa shape index (κ2) is 15.4. The first kappa shape index (κ1) is 37.1. The van der Waals surface area contributed by atoms with Crippen LogP contribution < -0.4 is 9.47 Å². The van der Waals surface area contributed by atoms with E-state index in [4.69, 9.17) is 18.9 Å². The van der Waals surface area contributed by atoms with Gasteiger partial charge in [0.25, 0.3) is 17.2 Å². The maximum absolute atomic E-state index is 15.6. The van der Waals surface area contributed by atoms with Gasteiger partial charge < -0.3 is 33.5 Å². The van der Waals surface area contributed by atoms with Crippen LogP contribution in [-0.2, 0) is 31.2 Å². The summed E-state index contributed by atoms with van der Waals surface area (Å²) < 4.78 is 70.0. The molecule has 1 N–H and O–H groups in total. The number of rotatable bonds is 14. The van der Waals surface area contributed by atoms with Crippen molar-refractivity contribution in [2.45, 2.75) is 56.5 Å². The average Bonchev–Trinajstić information content (AvgIpc) is 3.46. The number of nitro groups is 1. The van der Waals surface area contributed by atoms with E-state index in [1.165, 1.54) is 30.0 Å². The Hall–Kier alpha value is -5.15. The van der Waals surface area contributed by atoms with Crippen LogP contribution in [0.1, 0.15) is 48.8 Å². The number of nitro benzene ring substituents is 1. The molecule has 2 unspecified atom stereocenters. The van der Waals surface area contributed by atoms with Gasteiger partial charge in [-0.25, -0.2) is 0 Å². The minimum Gasteiger partial charge on any atom is -0.493 e. The molecule has 0 saturated carbocycles. The number of carboxylic acid groups (broad SMARTS) is 1. The molecule has 1 fully saturated rings. The van der Waals surface area contributed by atoms with E-state index >= 15 is 13.2 Å². The summed E-state index contributed by atoms with van der Waals surface area (Å²) in [6, 6.07) is 17.1. The van der Waals surface area contributed by atoms with Gasteiger partial charge in [0.15, 0.2) is 11.5 Å². The Morgan fingerprint density at radius 3 is 2.31 bits per heavy atom. The molecule has 272 valence electrons. The fraction of sp³-hybridized carbons (Fsp3) is 0.389. The first-order valence-corrected chi connectivity index (χ1v) is 16.2. The summed E-state index contributed by atoms with van der Waals surface area (Å²) in [4.78, 5) is 38.1. The summed E-state index contributed by atoms with van der Waals surface area (Å²) >= 11 is 0. The van der Waals surface area contributed by atoms with Gasteiger partial charge in [0, 0.05) is 68.9 Å². The highest BCUT2D eigenvalue weighted by Crippen LogP contribution is 2.48. The molecule has 2 atom stereocenters. The Labute approximate surface area is 291 Å². The molecule has 1 amide bonds. The van der Waals surface area contributed by atoms with Crippen LogP contribution in [0.4, 0.5) is 18.9 Å². The molecule has 15 heteroatoms. The van der Waals surface area contributed by atoms with Gasteiger partial charge in [-0.1, -0.05) is 43.3 Å². The predicted octanol–water partition coefficient (Wildman–Crippen LogP) is 6.63. The summed E-state index contributed by atoms with van der Waals surface area (Å²) in [6.45, 7) is 0.729. The van der Waals surface area contributed by atoms with Gasteiger partial charge in [-0.05, 0) is 35.7 Å². The summed E-state index contributed by atoms with van der Waals surface area (Å²) in [5, 5.41) is 21.2. The second-order valence-corrected chi connectivity index (χ2v) is 12.2. The van der Waals surface area contributed by atoms with Crippen molar-refractivity contribution < 1.29 is 51.7 Å². The number of hydrogen-bond donors (Lipinski definition) is 1. The number of benzene rings is 3. The highest BCUT2D eigenvalue weighted by atomic mass is 19.4. The van der Waals surface area contributed by atoms with Gasteiger partial charge in [-0.15, -0.1) is 0 Å². The Bertz CT molecular complexity index is 1870. The maximum atomic E-state index is 15.6. The molecule has 2 heterocycles. The molecule has 1 aliphatic heterocycles. The van der Waals surface area contributed by atoms with Crippen LogP contribution in [0.15, 0.2) is 72.9 Å². The van der Waals surface area contributed by atoms with Crippen molar-refractivity contribution in [1.82, 2.24) is 9.47 Å². The number of nitrogens with zero attached hydrogens (tertiary/aromatic N) is 3. The average molecular weight is 714 g/mol. The number of ether oxygens (including phenoxy) is 4. The van der Waals surface area contributed by atoms with E-state index in [1.54, 1.807) is 55.5 Å². The van der Waals surface area contributed by atoms with E-state index in [0.717, 1.165) is 23.6 Å². The molecule has 1 aliphatic rings. The summed E-state index contributed by atoms with van der Waals surface area (Å²) in [5.74, 6) is -2.43. The van der Waals surface area contributed by atoms with Crippen molar-refractivity contribution in [1.29, 1.82) is 0 Å². The normalized spacial score (nSPS) is 15.7. The lowest BCUT2D eigenvalue weighted by Crippen LogP contribution is -2.59. The number of carboxylic acids is 1. The molecule has 4 aromatic rings.